The van der Waals surface area contributed by atoms with Crippen LogP contribution in [0, 0.1) is 0 Å². The Morgan fingerprint density at radius 1 is 1.03 bits per heavy atom. The van der Waals surface area contributed by atoms with Crippen molar-refractivity contribution in [3.63, 3.8) is 0 Å². The molecule has 5 heterocycles. The zero-order valence-corrected chi connectivity index (χ0v) is 18.6. The highest BCUT2D eigenvalue weighted by molar-refractivity contribution is 6.05. The van der Waals surface area contributed by atoms with Gasteiger partial charge in [0, 0.05) is 42.7 Å². The first-order valence-electron chi connectivity index (χ1n) is 12.3. The number of amides is 3. The van der Waals surface area contributed by atoms with Crippen molar-refractivity contribution in [1.82, 2.24) is 20.4 Å². The molecule has 0 aromatic heterocycles. The van der Waals surface area contributed by atoms with Gasteiger partial charge < -0.3 is 10.2 Å². The zero-order chi connectivity index (χ0) is 21.9. The number of carbonyl (C=O) groups excluding carboxylic acids is 3. The van der Waals surface area contributed by atoms with Crippen molar-refractivity contribution in [2.24, 2.45) is 0 Å². The maximum Gasteiger partial charge on any atom is 0.255 e. The number of likely N-dealkylation sites (tertiary alicyclic amines) is 1. The van der Waals surface area contributed by atoms with Gasteiger partial charge in [-0.3, -0.25) is 24.6 Å². The molecule has 7 nitrogen and oxygen atoms in total. The van der Waals surface area contributed by atoms with Gasteiger partial charge in [0.2, 0.25) is 11.8 Å². The van der Waals surface area contributed by atoms with Crippen LogP contribution in [-0.4, -0.2) is 57.7 Å². The van der Waals surface area contributed by atoms with Crippen LogP contribution >= 0.6 is 0 Å². The number of hydrogen-bond acceptors (Lipinski definition) is 5. The number of rotatable bonds is 3. The second-order valence-electron chi connectivity index (χ2n) is 10.5. The lowest BCUT2D eigenvalue weighted by molar-refractivity contribution is -0.136. The Hall–Kier alpha value is -2.25. The number of hydrogen-bond donors (Lipinski definition) is 2. The highest BCUT2D eigenvalue weighted by atomic mass is 16.2. The van der Waals surface area contributed by atoms with E-state index in [2.05, 4.69) is 27.7 Å². The standard InChI is InChI=1S/C25H32N4O3/c30-22-8-7-21(23(31)27-22)29-15-17-11-16(3-6-20(17)24(29)32)14-28-10-2-1-9-25(28)12-18-4-5-19(13-25)26-18/h3,6,11,18-19,21,26H,1-2,4-5,7-10,12-15H2,(H,27,30,31). The van der Waals surface area contributed by atoms with E-state index in [1.807, 2.05) is 6.07 Å². The third kappa shape index (κ3) is 3.37. The Morgan fingerprint density at radius 3 is 2.62 bits per heavy atom. The third-order valence-electron chi connectivity index (χ3n) is 8.54. The topological polar surface area (TPSA) is 81.8 Å². The first-order valence-corrected chi connectivity index (χ1v) is 12.3. The van der Waals surface area contributed by atoms with E-state index in [0.717, 1.165) is 18.7 Å². The number of fused-ring (bicyclic) bond motifs is 3. The Morgan fingerprint density at radius 2 is 1.84 bits per heavy atom. The number of carbonyl (C=O) groups is 3. The third-order valence-corrected chi connectivity index (χ3v) is 8.54. The fraction of sp³-hybridized carbons (Fsp3) is 0.640. The molecule has 0 radical (unpaired) electrons. The molecule has 5 aliphatic heterocycles. The molecule has 5 aliphatic rings. The van der Waals surface area contributed by atoms with Crippen LogP contribution in [0.2, 0.25) is 0 Å². The van der Waals surface area contributed by atoms with Crippen LogP contribution in [0.1, 0.15) is 79.3 Å². The minimum Gasteiger partial charge on any atom is -0.322 e. The smallest absolute Gasteiger partial charge is 0.255 e. The van der Waals surface area contributed by atoms with Crippen LogP contribution in [0.4, 0.5) is 0 Å². The monoisotopic (exact) mass is 436 g/mol. The summed E-state index contributed by atoms with van der Waals surface area (Å²) in [6.07, 6.45) is 9.74. The molecule has 0 saturated carbocycles. The van der Waals surface area contributed by atoms with Crippen LogP contribution in [-0.2, 0) is 22.7 Å². The Bertz CT molecular complexity index is 964. The summed E-state index contributed by atoms with van der Waals surface area (Å²) >= 11 is 0. The van der Waals surface area contributed by atoms with Crippen molar-refractivity contribution < 1.29 is 14.4 Å². The van der Waals surface area contributed by atoms with Gasteiger partial charge in [0.25, 0.3) is 5.91 Å². The van der Waals surface area contributed by atoms with E-state index in [1.54, 1.807) is 4.90 Å². The molecule has 2 bridgehead atoms. The molecule has 1 aromatic rings. The average Bonchev–Trinajstić information content (AvgIpc) is 3.28. The van der Waals surface area contributed by atoms with Crippen LogP contribution < -0.4 is 10.6 Å². The highest BCUT2D eigenvalue weighted by Crippen LogP contribution is 2.44. The molecule has 3 amide bonds. The molecule has 3 atom stereocenters. The number of benzene rings is 1. The van der Waals surface area contributed by atoms with Crippen molar-refractivity contribution in [2.45, 2.75) is 94.5 Å². The Kier molecular flexibility index (Phi) is 4.88. The summed E-state index contributed by atoms with van der Waals surface area (Å²) in [5.41, 5.74) is 3.29. The molecule has 7 heteroatoms. The zero-order valence-electron chi connectivity index (χ0n) is 18.6. The second-order valence-corrected chi connectivity index (χ2v) is 10.5. The van der Waals surface area contributed by atoms with Gasteiger partial charge in [0.15, 0.2) is 0 Å². The van der Waals surface area contributed by atoms with Gasteiger partial charge in [0.1, 0.15) is 6.04 Å². The number of nitrogens with zero attached hydrogens (tertiary/aromatic N) is 2. The van der Waals surface area contributed by atoms with Gasteiger partial charge in [-0.05, 0) is 68.7 Å². The van der Waals surface area contributed by atoms with Gasteiger partial charge >= 0.3 is 0 Å². The predicted octanol–water partition coefficient (Wildman–Crippen LogP) is 2.09. The average molecular weight is 437 g/mol. The number of nitrogens with one attached hydrogen (secondary N) is 2. The van der Waals surface area contributed by atoms with Gasteiger partial charge in [0.05, 0.1) is 0 Å². The maximum atomic E-state index is 13.0. The Balaban J connectivity index is 1.20. The Labute approximate surface area is 188 Å². The van der Waals surface area contributed by atoms with E-state index in [9.17, 15) is 14.4 Å². The van der Waals surface area contributed by atoms with Gasteiger partial charge in [-0.1, -0.05) is 18.6 Å². The van der Waals surface area contributed by atoms with Crippen molar-refractivity contribution >= 4 is 17.7 Å². The lowest BCUT2D eigenvalue weighted by Crippen LogP contribution is -2.59. The van der Waals surface area contributed by atoms with Crippen LogP contribution in [0.3, 0.4) is 0 Å². The molecular weight excluding hydrogens is 404 g/mol. The minimum absolute atomic E-state index is 0.0922. The van der Waals surface area contributed by atoms with E-state index in [0.29, 0.717) is 36.2 Å². The second kappa shape index (κ2) is 7.66. The van der Waals surface area contributed by atoms with Gasteiger partial charge in [-0.15, -0.1) is 0 Å². The summed E-state index contributed by atoms with van der Waals surface area (Å²) in [4.78, 5) is 41.2. The van der Waals surface area contributed by atoms with E-state index in [1.165, 1.54) is 50.5 Å². The quantitative estimate of drug-likeness (QED) is 0.709. The lowest BCUT2D eigenvalue weighted by atomic mass is 9.76. The SMILES string of the molecule is O=C1CCC(N2Cc3cc(CN4CCCCC45CC4CCC(C5)N4)ccc3C2=O)C(=O)N1. The molecule has 0 aliphatic carbocycles. The van der Waals surface area contributed by atoms with Gasteiger partial charge in [-0.25, -0.2) is 0 Å². The molecular formula is C25H32N4O3. The highest BCUT2D eigenvalue weighted by Gasteiger charge is 2.48. The molecule has 32 heavy (non-hydrogen) atoms. The van der Waals surface area contributed by atoms with E-state index < -0.39 is 6.04 Å². The fourth-order valence-corrected chi connectivity index (χ4v) is 7.03. The first kappa shape index (κ1) is 20.4. The molecule has 1 spiro atoms. The summed E-state index contributed by atoms with van der Waals surface area (Å²) in [6.45, 7) is 2.53. The largest absolute Gasteiger partial charge is 0.322 e. The van der Waals surface area contributed by atoms with Crippen molar-refractivity contribution in [2.75, 3.05) is 6.54 Å². The maximum absolute atomic E-state index is 13.0. The summed E-state index contributed by atoms with van der Waals surface area (Å²) < 4.78 is 0. The van der Waals surface area contributed by atoms with Crippen molar-refractivity contribution in [3.05, 3.63) is 34.9 Å². The van der Waals surface area contributed by atoms with Crippen LogP contribution in [0.15, 0.2) is 18.2 Å². The normalized spacial score (nSPS) is 34.8. The predicted molar refractivity (Wildman–Crippen MR) is 119 cm³/mol. The van der Waals surface area contributed by atoms with Crippen LogP contribution in [0.5, 0.6) is 0 Å². The molecule has 4 fully saturated rings. The summed E-state index contributed by atoms with van der Waals surface area (Å²) in [5.74, 6) is -0.691. The van der Waals surface area contributed by atoms with E-state index in [-0.39, 0.29) is 24.1 Å². The molecule has 3 unspecified atom stereocenters. The summed E-state index contributed by atoms with van der Waals surface area (Å²) in [5, 5.41) is 6.18. The lowest BCUT2D eigenvalue weighted by Gasteiger charge is -2.52. The molecule has 6 rings (SSSR count). The van der Waals surface area contributed by atoms with E-state index >= 15 is 0 Å². The molecule has 2 N–H and O–H groups in total. The first-order chi connectivity index (χ1) is 15.5. The molecule has 4 saturated heterocycles. The van der Waals surface area contributed by atoms with Crippen molar-refractivity contribution in [3.8, 4) is 0 Å². The summed E-state index contributed by atoms with van der Waals surface area (Å²) in [6, 6.07) is 7.02. The van der Waals surface area contributed by atoms with Gasteiger partial charge in [-0.2, -0.15) is 0 Å². The van der Waals surface area contributed by atoms with Crippen molar-refractivity contribution in [1.29, 1.82) is 0 Å². The molecule has 1 aromatic carbocycles. The van der Waals surface area contributed by atoms with E-state index in [4.69, 9.17) is 0 Å². The minimum atomic E-state index is -0.549. The summed E-state index contributed by atoms with van der Waals surface area (Å²) in [7, 11) is 0. The molecule has 170 valence electrons. The fourth-order valence-electron chi connectivity index (χ4n) is 7.03. The van der Waals surface area contributed by atoms with Crippen LogP contribution in [0.25, 0.3) is 0 Å². The number of imide groups is 1. The number of piperidine rings is 3.